The van der Waals surface area contributed by atoms with Gasteiger partial charge >= 0.3 is 13.6 Å². The molecule has 41 heavy (non-hydrogen) atoms. The van der Waals surface area contributed by atoms with Crippen molar-refractivity contribution in [2.75, 3.05) is 27.4 Å². The van der Waals surface area contributed by atoms with Crippen LogP contribution in [-0.2, 0) is 31.3 Å². The predicted molar refractivity (Wildman–Crippen MR) is 162 cm³/mol. The van der Waals surface area contributed by atoms with Gasteiger partial charge in [-0.1, -0.05) is 41.9 Å². The molecule has 8 nitrogen and oxygen atoms in total. The summed E-state index contributed by atoms with van der Waals surface area (Å²) in [4.78, 5) is 12.9. The SMILES string of the molecule is CCOC(=O)c1cc2cc(CC(C)NCC(O)c3cccc(Cl)c3)ccc2n1Cc1ccc(P(=O)(OC)OC)cc1. The molecule has 218 valence electrons. The van der Waals surface area contributed by atoms with E-state index in [9.17, 15) is 14.5 Å². The highest BCUT2D eigenvalue weighted by Crippen LogP contribution is 2.44. The molecule has 0 amide bonds. The molecule has 0 aliphatic carbocycles. The first-order valence-corrected chi connectivity index (χ1v) is 15.4. The molecule has 0 saturated heterocycles. The van der Waals surface area contributed by atoms with Crippen LogP contribution < -0.4 is 10.6 Å². The molecule has 2 unspecified atom stereocenters. The first-order valence-electron chi connectivity index (χ1n) is 13.4. The molecule has 0 aliphatic rings. The van der Waals surface area contributed by atoms with Gasteiger partial charge in [0.15, 0.2) is 0 Å². The minimum absolute atomic E-state index is 0.0987. The molecular weight excluding hydrogens is 563 g/mol. The molecule has 0 radical (unpaired) electrons. The van der Waals surface area contributed by atoms with Gasteiger partial charge in [0.2, 0.25) is 0 Å². The van der Waals surface area contributed by atoms with Gasteiger partial charge < -0.3 is 28.8 Å². The maximum atomic E-state index is 12.9. The molecular formula is C31H36ClN2O6P. The predicted octanol–water partition coefficient (Wildman–Crippen LogP) is 5.89. The van der Waals surface area contributed by atoms with Gasteiger partial charge in [-0.25, -0.2) is 4.79 Å². The summed E-state index contributed by atoms with van der Waals surface area (Å²) in [6.45, 7) is 4.94. The zero-order chi connectivity index (χ0) is 29.6. The number of rotatable bonds is 13. The van der Waals surface area contributed by atoms with Crippen molar-refractivity contribution in [3.8, 4) is 0 Å². The molecule has 0 saturated carbocycles. The molecule has 0 fully saturated rings. The van der Waals surface area contributed by atoms with Gasteiger partial charge in [-0.05, 0) is 79.4 Å². The van der Waals surface area contributed by atoms with Crippen LogP contribution in [0.1, 0.15) is 47.1 Å². The molecule has 2 atom stereocenters. The molecule has 2 N–H and O–H groups in total. The standard InChI is InChI=1S/C31H36ClN2O6P/c1-5-40-31(36)29-18-25-16-23(15-21(2)33-19-30(35)24-7-6-8-26(32)17-24)11-14-28(25)34(29)20-22-9-12-27(13-10-22)41(37,38-3)39-4/h6-14,16-18,21,30,33,35H,5,15,19-20H2,1-4H3. The molecule has 10 heteroatoms. The number of benzene rings is 3. The van der Waals surface area contributed by atoms with E-state index in [4.69, 9.17) is 25.4 Å². The van der Waals surface area contributed by atoms with Gasteiger partial charge in [0.25, 0.3) is 0 Å². The molecule has 0 bridgehead atoms. The number of halogens is 1. The fraction of sp³-hybridized carbons (Fsp3) is 0.323. The van der Waals surface area contributed by atoms with Gasteiger partial charge in [0.05, 0.1) is 18.0 Å². The summed E-state index contributed by atoms with van der Waals surface area (Å²) in [5.74, 6) is -0.393. The Morgan fingerprint density at radius 2 is 1.73 bits per heavy atom. The second-order valence-electron chi connectivity index (χ2n) is 9.84. The summed E-state index contributed by atoms with van der Waals surface area (Å²) >= 11 is 6.05. The zero-order valence-corrected chi connectivity index (χ0v) is 25.3. The summed E-state index contributed by atoms with van der Waals surface area (Å²) in [5, 5.41) is 15.9. The van der Waals surface area contributed by atoms with E-state index in [1.165, 1.54) is 14.2 Å². The van der Waals surface area contributed by atoms with Gasteiger partial charge in [-0.3, -0.25) is 4.57 Å². The Kier molecular flexibility index (Phi) is 10.4. The van der Waals surface area contributed by atoms with Gasteiger partial charge in [-0.15, -0.1) is 0 Å². The van der Waals surface area contributed by atoms with Crippen LogP contribution in [0.15, 0.2) is 72.8 Å². The average molecular weight is 599 g/mol. The number of nitrogens with zero attached hydrogens (tertiary/aromatic N) is 1. The van der Waals surface area contributed by atoms with Crippen LogP contribution in [-0.4, -0.2) is 49.1 Å². The van der Waals surface area contributed by atoms with Crippen molar-refractivity contribution in [3.05, 3.63) is 100 Å². The molecule has 4 rings (SSSR count). The fourth-order valence-corrected chi connectivity index (χ4v) is 6.10. The maximum Gasteiger partial charge on any atom is 0.360 e. The Bertz CT molecular complexity index is 1530. The monoisotopic (exact) mass is 598 g/mol. The van der Waals surface area contributed by atoms with E-state index < -0.39 is 19.7 Å². The summed E-state index contributed by atoms with van der Waals surface area (Å²) < 4.78 is 30.2. The number of aliphatic hydroxyl groups is 1. The van der Waals surface area contributed by atoms with Crippen molar-refractivity contribution in [2.24, 2.45) is 0 Å². The number of hydrogen-bond acceptors (Lipinski definition) is 7. The van der Waals surface area contributed by atoms with E-state index in [-0.39, 0.29) is 12.6 Å². The average Bonchev–Trinajstić information content (AvgIpc) is 3.33. The Morgan fingerprint density at radius 3 is 2.39 bits per heavy atom. The molecule has 3 aromatic carbocycles. The Morgan fingerprint density at radius 1 is 1.02 bits per heavy atom. The lowest BCUT2D eigenvalue weighted by atomic mass is 10.0. The van der Waals surface area contributed by atoms with Crippen LogP contribution in [0, 0.1) is 0 Å². The summed E-state index contributed by atoms with van der Waals surface area (Å²) in [6.07, 6.45) is 0.0725. The number of aromatic nitrogens is 1. The van der Waals surface area contributed by atoms with Crippen LogP contribution in [0.3, 0.4) is 0 Å². The highest BCUT2D eigenvalue weighted by atomic mass is 35.5. The Labute approximate surface area is 245 Å². The number of carbonyl (C=O) groups is 1. The van der Waals surface area contributed by atoms with E-state index in [0.29, 0.717) is 29.1 Å². The van der Waals surface area contributed by atoms with E-state index in [0.717, 1.165) is 34.0 Å². The number of esters is 1. The van der Waals surface area contributed by atoms with E-state index in [1.807, 2.05) is 41.0 Å². The van der Waals surface area contributed by atoms with Crippen LogP contribution in [0.25, 0.3) is 10.9 Å². The van der Waals surface area contributed by atoms with E-state index in [1.54, 1.807) is 31.2 Å². The second-order valence-corrected chi connectivity index (χ2v) is 12.5. The first-order chi connectivity index (χ1) is 19.7. The number of aliphatic hydroxyl groups excluding tert-OH is 1. The highest BCUT2D eigenvalue weighted by Gasteiger charge is 2.24. The quantitative estimate of drug-likeness (QED) is 0.146. The third kappa shape index (κ3) is 7.46. The van der Waals surface area contributed by atoms with E-state index >= 15 is 0 Å². The topological polar surface area (TPSA) is 99.0 Å². The lowest BCUT2D eigenvalue weighted by Gasteiger charge is -2.18. The normalized spacial score (nSPS) is 13.3. The third-order valence-electron chi connectivity index (χ3n) is 6.96. The lowest BCUT2D eigenvalue weighted by molar-refractivity contribution is 0.0515. The van der Waals surface area contributed by atoms with Crippen molar-refractivity contribution >= 4 is 41.4 Å². The van der Waals surface area contributed by atoms with Gasteiger partial charge in [-0.2, -0.15) is 0 Å². The van der Waals surface area contributed by atoms with E-state index in [2.05, 4.69) is 24.4 Å². The molecule has 4 aromatic rings. The fourth-order valence-electron chi connectivity index (χ4n) is 4.81. The van der Waals surface area contributed by atoms with Crippen molar-refractivity contribution in [3.63, 3.8) is 0 Å². The number of nitrogens with one attached hydrogen (secondary N) is 1. The highest BCUT2D eigenvalue weighted by molar-refractivity contribution is 7.62. The van der Waals surface area contributed by atoms with Crippen LogP contribution >= 0.6 is 19.2 Å². The zero-order valence-electron chi connectivity index (χ0n) is 23.7. The molecule has 0 aliphatic heterocycles. The Balaban J connectivity index is 1.52. The summed E-state index contributed by atoms with van der Waals surface area (Å²) in [5.41, 5.74) is 4.14. The number of ether oxygens (including phenoxy) is 1. The largest absolute Gasteiger partial charge is 0.461 e. The van der Waals surface area contributed by atoms with Crippen molar-refractivity contribution in [2.45, 2.75) is 39.0 Å². The molecule has 1 aromatic heterocycles. The minimum atomic E-state index is -3.35. The minimum Gasteiger partial charge on any atom is -0.461 e. The van der Waals surface area contributed by atoms with Gasteiger partial charge in [0.1, 0.15) is 5.69 Å². The van der Waals surface area contributed by atoms with Crippen LogP contribution in [0.2, 0.25) is 5.02 Å². The summed E-state index contributed by atoms with van der Waals surface area (Å²) in [7, 11) is -0.644. The number of carbonyl (C=O) groups excluding carboxylic acids is 1. The first kappa shape index (κ1) is 31.0. The van der Waals surface area contributed by atoms with Crippen LogP contribution in [0.5, 0.6) is 0 Å². The van der Waals surface area contributed by atoms with Crippen molar-refractivity contribution in [1.29, 1.82) is 0 Å². The van der Waals surface area contributed by atoms with Crippen molar-refractivity contribution in [1.82, 2.24) is 9.88 Å². The molecule has 0 spiro atoms. The van der Waals surface area contributed by atoms with Gasteiger partial charge in [0, 0.05) is 49.3 Å². The number of hydrogen-bond donors (Lipinski definition) is 2. The maximum absolute atomic E-state index is 12.9. The van der Waals surface area contributed by atoms with Crippen LogP contribution in [0.4, 0.5) is 0 Å². The lowest BCUT2D eigenvalue weighted by Crippen LogP contribution is -2.32. The van der Waals surface area contributed by atoms with Crippen molar-refractivity contribution < 1.29 is 28.3 Å². The smallest absolute Gasteiger partial charge is 0.360 e. The summed E-state index contributed by atoms with van der Waals surface area (Å²) in [6, 6.07) is 22.5. The third-order valence-corrected chi connectivity index (χ3v) is 9.09. The molecule has 1 heterocycles. The number of fused-ring (bicyclic) bond motifs is 1. The second kappa shape index (κ2) is 13.8. The Hall–Kier alpha value is -2.97.